The number of likely N-dealkylation sites (tertiary alicyclic amines) is 1. The molecule has 22 heavy (non-hydrogen) atoms. The second-order valence-corrected chi connectivity index (χ2v) is 6.52. The van der Waals surface area contributed by atoms with Crippen LogP contribution in [0.5, 0.6) is 0 Å². The van der Waals surface area contributed by atoms with Crippen molar-refractivity contribution in [2.75, 3.05) is 18.8 Å². The van der Waals surface area contributed by atoms with Gasteiger partial charge in [0.05, 0.1) is 0 Å². The number of carbonyl (C=O) groups excluding carboxylic acids is 1. The van der Waals surface area contributed by atoms with Crippen molar-refractivity contribution in [2.24, 2.45) is 0 Å². The van der Waals surface area contributed by atoms with Gasteiger partial charge in [-0.3, -0.25) is 0 Å². The van der Waals surface area contributed by atoms with Gasteiger partial charge in [0.15, 0.2) is 5.13 Å². The summed E-state index contributed by atoms with van der Waals surface area (Å²) in [6.07, 6.45) is 3.61. The van der Waals surface area contributed by atoms with E-state index in [1.54, 1.807) is 4.90 Å². The van der Waals surface area contributed by atoms with Crippen LogP contribution in [0.1, 0.15) is 29.2 Å². The fourth-order valence-electron chi connectivity index (χ4n) is 2.68. The Morgan fingerprint density at radius 1 is 1.41 bits per heavy atom. The molecule has 116 valence electrons. The SMILES string of the molecule is Nc1ncc([C@H]2CCCN(C(=O)OCc3ccccc3)C2)s1. The van der Waals surface area contributed by atoms with Crippen LogP contribution in [0.15, 0.2) is 36.5 Å². The number of nitrogens with two attached hydrogens (primary N) is 1. The molecule has 0 unspecified atom stereocenters. The summed E-state index contributed by atoms with van der Waals surface area (Å²) in [5.41, 5.74) is 6.69. The first-order valence-corrected chi connectivity index (χ1v) is 8.21. The zero-order valence-electron chi connectivity index (χ0n) is 12.3. The molecule has 2 aromatic rings. The molecule has 3 rings (SSSR count). The zero-order chi connectivity index (χ0) is 15.4. The van der Waals surface area contributed by atoms with Gasteiger partial charge in [-0.2, -0.15) is 0 Å². The maximum atomic E-state index is 12.2. The summed E-state index contributed by atoms with van der Waals surface area (Å²) in [5, 5.41) is 0.582. The van der Waals surface area contributed by atoms with Crippen LogP contribution in [0.25, 0.3) is 0 Å². The molecule has 6 heteroatoms. The van der Waals surface area contributed by atoms with Gasteiger partial charge in [-0.15, -0.1) is 11.3 Å². The average Bonchev–Trinajstić information content (AvgIpc) is 3.00. The minimum absolute atomic E-state index is 0.244. The molecule has 1 aromatic heterocycles. The van der Waals surface area contributed by atoms with Crippen molar-refractivity contribution in [2.45, 2.75) is 25.4 Å². The fraction of sp³-hybridized carbons (Fsp3) is 0.375. The van der Waals surface area contributed by atoms with Gasteiger partial charge in [0.25, 0.3) is 0 Å². The minimum atomic E-state index is -0.244. The molecule has 0 saturated carbocycles. The van der Waals surface area contributed by atoms with Crippen molar-refractivity contribution in [1.29, 1.82) is 0 Å². The summed E-state index contributed by atoms with van der Waals surface area (Å²) >= 11 is 1.51. The molecular weight excluding hydrogens is 298 g/mol. The van der Waals surface area contributed by atoms with Crippen LogP contribution in [-0.4, -0.2) is 29.1 Å². The Bertz CT molecular complexity index is 629. The quantitative estimate of drug-likeness (QED) is 0.943. The number of aromatic nitrogens is 1. The Balaban J connectivity index is 1.56. The number of hydrogen-bond acceptors (Lipinski definition) is 5. The van der Waals surface area contributed by atoms with Crippen LogP contribution in [0, 0.1) is 0 Å². The van der Waals surface area contributed by atoms with E-state index in [4.69, 9.17) is 10.5 Å². The summed E-state index contributed by atoms with van der Waals surface area (Å²) < 4.78 is 5.41. The number of hydrogen-bond donors (Lipinski definition) is 1. The predicted molar refractivity (Wildman–Crippen MR) is 86.7 cm³/mol. The second-order valence-electron chi connectivity index (χ2n) is 5.43. The maximum Gasteiger partial charge on any atom is 0.410 e. The molecule has 1 atom stereocenters. The van der Waals surface area contributed by atoms with Crippen molar-refractivity contribution in [1.82, 2.24) is 9.88 Å². The van der Waals surface area contributed by atoms with Gasteiger partial charge in [0, 0.05) is 30.1 Å². The number of thiazole rings is 1. The molecule has 0 bridgehead atoms. The van der Waals surface area contributed by atoms with E-state index in [1.165, 1.54) is 11.3 Å². The van der Waals surface area contributed by atoms with Crippen molar-refractivity contribution in [3.63, 3.8) is 0 Å². The lowest BCUT2D eigenvalue weighted by Crippen LogP contribution is -2.39. The Morgan fingerprint density at radius 2 is 2.23 bits per heavy atom. The monoisotopic (exact) mass is 317 g/mol. The average molecular weight is 317 g/mol. The molecule has 1 aliphatic rings. The van der Waals surface area contributed by atoms with E-state index in [2.05, 4.69) is 4.98 Å². The molecular formula is C16H19N3O2S. The first-order chi connectivity index (χ1) is 10.7. The largest absolute Gasteiger partial charge is 0.445 e. The highest BCUT2D eigenvalue weighted by atomic mass is 32.1. The Labute approximate surface area is 133 Å². The van der Waals surface area contributed by atoms with Gasteiger partial charge in [-0.05, 0) is 18.4 Å². The summed E-state index contributed by atoms with van der Waals surface area (Å²) in [7, 11) is 0. The van der Waals surface area contributed by atoms with Crippen LogP contribution in [0.3, 0.4) is 0 Å². The normalized spacial score (nSPS) is 18.2. The summed E-state index contributed by atoms with van der Waals surface area (Å²) in [5.74, 6) is 0.313. The number of carbonyl (C=O) groups is 1. The van der Waals surface area contributed by atoms with Gasteiger partial charge in [0.1, 0.15) is 6.61 Å². The van der Waals surface area contributed by atoms with Crippen molar-refractivity contribution in [3.8, 4) is 0 Å². The number of nitrogen functional groups attached to an aromatic ring is 1. The zero-order valence-corrected chi connectivity index (χ0v) is 13.1. The number of benzene rings is 1. The molecule has 1 fully saturated rings. The molecule has 0 aliphatic carbocycles. The molecule has 5 nitrogen and oxygen atoms in total. The summed E-state index contributed by atoms with van der Waals surface area (Å²) in [6.45, 7) is 1.74. The number of nitrogens with zero attached hydrogens (tertiary/aromatic N) is 2. The van der Waals surface area contributed by atoms with Gasteiger partial charge in [0.2, 0.25) is 0 Å². The highest BCUT2D eigenvalue weighted by molar-refractivity contribution is 7.15. The molecule has 1 aliphatic heterocycles. The molecule has 0 spiro atoms. The Hall–Kier alpha value is -2.08. The van der Waals surface area contributed by atoms with Crippen LogP contribution in [0.4, 0.5) is 9.93 Å². The van der Waals surface area contributed by atoms with E-state index >= 15 is 0 Å². The number of amides is 1. The molecule has 2 N–H and O–H groups in total. The standard InChI is InChI=1S/C16H19N3O2S/c17-15-18-9-14(22-15)13-7-4-8-19(10-13)16(20)21-11-12-5-2-1-3-6-12/h1-3,5-6,9,13H,4,7-8,10-11H2,(H2,17,18)/t13-/m0/s1. The van der Waals surface area contributed by atoms with Crippen molar-refractivity contribution >= 4 is 22.6 Å². The van der Waals surface area contributed by atoms with Gasteiger partial charge >= 0.3 is 6.09 Å². The smallest absolute Gasteiger partial charge is 0.410 e. The molecule has 1 amide bonds. The maximum absolute atomic E-state index is 12.2. The lowest BCUT2D eigenvalue weighted by atomic mass is 9.97. The van der Waals surface area contributed by atoms with E-state index in [1.807, 2.05) is 36.5 Å². The lowest BCUT2D eigenvalue weighted by molar-refractivity contribution is 0.0861. The molecule has 0 radical (unpaired) electrons. The Morgan fingerprint density at radius 3 is 2.95 bits per heavy atom. The topological polar surface area (TPSA) is 68.5 Å². The first kappa shape index (κ1) is 14.8. The van der Waals surface area contributed by atoms with E-state index in [9.17, 15) is 4.79 Å². The molecule has 1 saturated heterocycles. The lowest BCUT2D eigenvalue weighted by Gasteiger charge is -2.31. The molecule has 2 heterocycles. The first-order valence-electron chi connectivity index (χ1n) is 7.39. The third-order valence-electron chi connectivity index (χ3n) is 3.83. The summed E-state index contributed by atoms with van der Waals surface area (Å²) in [6, 6.07) is 9.72. The van der Waals surface area contributed by atoms with Crippen molar-refractivity contribution in [3.05, 3.63) is 47.0 Å². The minimum Gasteiger partial charge on any atom is -0.445 e. The van der Waals surface area contributed by atoms with Gasteiger partial charge < -0.3 is 15.4 Å². The van der Waals surface area contributed by atoms with E-state index in [0.717, 1.165) is 29.8 Å². The number of ether oxygens (including phenoxy) is 1. The number of anilines is 1. The summed E-state index contributed by atoms with van der Waals surface area (Å²) in [4.78, 5) is 19.3. The Kier molecular flexibility index (Phi) is 4.58. The van der Waals surface area contributed by atoms with Crippen LogP contribution in [-0.2, 0) is 11.3 Å². The fourth-order valence-corrected chi connectivity index (χ4v) is 3.49. The number of rotatable bonds is 3. The highest BCUT2D eigenvalue weighted by Crippen LogP contribution is 2.31. The van der Waals surface area contributed by atoms with E-state index in [-0.39, 0.29) is 6.09 Å². The van der Waals surface area contributed by atoms with E-state index < -0.39 is 0 Å². The van der Waals surface area contributed by atoms with Gasteiger partial charge in [-0.25, -0.2) is 9.78 Å². The molecule has 1 aromatic carbocycles. The third kappa shape index (κ3) is 3.57. The van der Waals surface area contributed by atoms with Crippen LogP contribution >= 0.6 is 11.3 Å². The predicted octanol–water partition coefficient (Wildman–Crippen LogP) is 3.24. The van der Waals surface area contributed by atoms with Crippen molar-refractivity contribution < 1.29 is 9.53 Å². The van der Waals surface area contributed by atoms with Crippen LogP contribution < -0.4 is 5.73 Å². The number of piperidine rings is 1. The van der Waals surface area contributed by atoms with Gasteiger partial charge in [-0.1, -0.05) is 30.3 Å². The van der Waals surface area contributed by atoms with Crippen LogP contribution in [0.2, 0.25) is 0 Å². The highest BCUT2D eigenvalue weighted by Gasteiger charge is 2.26. The van der Waals surface area contributed by atoms with E-state index in [0.29, 0.717) is 24.2 Å². The second kappa shape index (κ2) is 6.79. The third-order valence-corrected chi connectivity index (χ3v) is 4.82.